The Morgan fingerprint density at radius 3 is 2.00 bits per heavy atom. The van der Waals surface area contributed by atoms with E-state index in [1.165, 1.54) is 0 Å². The van der Waals surface area contributed by atoms with Gasteiger partial charge in [-0.1, -0.05) is 41.5 Å². The van der Waals surface area contributed by atoms with Crippen LogP contribution < -0.4 is 5.32 Å². The summed E-state index contributed by atoms with van der Waals surface area (Å²) in [5.74, 6) is 0.476. The Morgan fingerprint density at radius 1 is 1.05 bits per heavy atom. The summed E-state index contributed by atoms with van der Waals surface area (Å²) in [6.45, 7) is 17.3. The summed E-state index contributed by atoms with van der Waals surface area (Å²) in [7, 11) is 0. The number of likely N-dealkylation sites (tertiary alicyclic amines) is 1. The molecule has 1 heterocycles. The van der Waals surface area contributed by atoms with Crippen LogP contribution in [0.2, 0.25) is 0 Å². The van der Waals surface area contributed by atoms with E-state index in [-0.39, 0.29) is 17.2 Å². The fourth-order valence-corrected chi connectivity index (χ4v) is 2.52. The Labute approximate surface area is 119 Å². The number of nitrogens with one attached hydrogen (secondary N) is 1. The Morgan fingerprint density at radius 2 is 1.58 bits per heavy atom. The van der Waals surface area contributed by atoms with Crippen LogP contribution in [-0.4, -0.2) is 37.0 Å². The fourth-order valence-electron chi connectivity index (χ4n) is 2.52. The lowest BCUT2D eigenvalue weighted by atomic mass is 9.91. The van der Waals surface area contributed by atoms with E-state index in [1.54, 1.807) is 0 Å². The molecule has 112 valence electrons. The number of piperidine rings is 1. The predicted octanol–water partition coefficient (Wildman–Crippen LogP) is 2.91. The molecule has 0 aromatic rings. The van der Waals surface area contributed by atoms with Crippen molar-refractivity contribution in [3.8, 4) is 0 Å². The van der Waals surface area contributed by atoms with Gasteiger partial charge >= 0.3 is 0 Å². The van der Waals surface area contributed by atoms with E-state index in [0.717, 1.165) is 39.0 Å². The molecule has 0 spiro atoms. The van der Waals surface area contributed by atoms with Crippen molar-refractivity contribution in [3.05, 3.63) is 0 Å². The van der Waals surface area contributed by atoms with Gasteiger partial charge in [0.2, 0.25) is 5.91 Å². The molecule has 0 bridgehead atoms. The average Bonchev–Trinajstić information content (AvgIpc) is 2.23. The van der Waals surface area contributed by atoms with Gasteiger partial charge < -0.3 is 10.2 Å². The smallest absolute Gasteiger partial charge is 0.223 e. The number of amides is 1. The third kappa shape index (κ3) is 6.95. The van der Waals surface area contributed by atoms with Crippen molar-refractivity contribution >= 4 is 5.91 Å². The second-order valence-corrected chi connectivity index (χ2v) is 8.39. The first-order valence-electron chi connectivity index (χ1n) is 7.57. The van der Waals surface area contributed by atoms with Crippen LogP contribution in [0.3, 0.4) is 0 Å². The van der Waals surface area contributed by atoms with Crippen molar-refractivity contribution in [1.29, 1.82) is 0 Å². The zero-order valence-corrected chi connectivity index (χ0v) is 13.7. The molecule has 0 aromatic heterocycles. The zero-order chi connectivity index (χ0) is 14.7. The Hall–Kier alpha value is -0.570. The maximum atomic E-state index is 12.1. The molecular weight excluding hydrogens is 236 g/mol. The Bertz CT molecular complexity index is 291. The van der Waals surface area contributed by atoms with Crippen molar-refractivity contribution in [2.45, 2.75) is 54.4 Å². The first kappa shape index (κ1) is 16.5. The lowest BCUT2D eigenvalue weighted by Gasteiger charge is -2.35. The van der Waals surface area contributed by atoms with Gasteiger partial charge in [-0.2, -0.15) is 0 Å². The number of carbonyl (C=O) groups excluding carboxylic acids is 1. The van der Waals surface area contributed by atoms with Crippen LogP contribution in [0, 0.1) is 16.7 Å². The van der Waals surface area contributed by atoms with Crippen molar-refractivity contribution in [3.63, 3.8) is 0 Å². The van der Waals surface area contributed by atoms with E-state index in [4.69, 9.17) is 0 Å². The van der Waals surface area contributed by atoms with Gasteiger partial charge in [-0.3, -0.25) is 4.79 Å². The molecule has 0 radical (unpaired) electrons. The molecule has 0 saturated carbocycles. The van der Waals surface area contributed by atoms with Gasteiger partial charge in [-0.15, -0.1) is 0 Å². The van der Waals surface area contributed by atoms with Crippen LogP contribution in [-0.2, 0) is 4.79 Å². The molecule has 19 heavy (non-hydrogen) atoms. The highest BCUT2D eigenvalue weighted by molar-refractivity contribution is 5.78. The standard InChI is InChI=1S/C16H32N2O/c1-15(2,3)11-17-14(19)13-7-9-18(10-8-13)12-16(4,5)6/h13H,7-12H2,1-6H3,(H,17,19). The molecule has 3 nitrogen and oxygen atoms in total. The number of hydrogen-bond donors (Lipinski definition) is 1. The second kappa shape index (κ2) is 6.25. The lowest BCUT2D eigenvalue weighted by Crippen LogP contribution is -2.44. The van der Waals surface area contributed by atoms with Gasteiger partial charge in [-0.25, -0.2) is 0 Å². The Kier molecular flexibility index (Phi) is 5.43. The highest BCUT2D eigenvalue weighted by atomic mass is 16.1. The van der Waals surface area contributed by atoms with Crippen molar-refractivity contribution in [1.82, 2.24) is 10.2 Å². The third-order valence-corrected chi connectivity index (χ3v) is 3.45. The summed E-state index contributed by atoms with van der Waals surface area (Å²) in [6.07, 6.45) is 2.01. The SMILES string of the molecule is CC(C)(C)CNC(=O)C1CCN(CC(C)(C)C)CC1. The largest absolute Gasteiger partial charge is 0.355 e. The van der Waals surface area contributed by atoms with E-state index < -0.39 is 0 Å². The minimum atomic E-state index is 0.169. The first-order chi connectivity index (χ1) is 8.57. The summed E-state index contributed by atoms with van der Waals surface area (Å²) in [5.41, 5.74) is 0.518. The van der Waals surface area contributed by atoms with Crippen LogP contribution in [0.4, 0.5) is 0 Å². The molecule has 3 heteroatoms. The molecular formula is C16H32N2O. The molecule has 1 aliphatic rings. The van der Waals surface area contributed by atoms with Crippen LogP contribution in [0.15, 0.2) is 0 Å². The summed E-state index contributed by atoms with van der Waals surface area (Å²) < 4.78 is 0. The topological polar surface area (TPSA) is 32.3 Å². The minimum Gasteiger partial charge on any atom is -0.355 e. The van der Waals surface area contributed by atoms with Gasteiger partial charge in [0.15, 0.2) is 0 Å². The van der Waals surface area contributed by atoms with Crippen LogP contribution in [0.1, 0.15) is 54.4 Å². The summed E-state index contributed by atoms with van der Waals surface area (Å²) in [6, 6.07) is 0. The minimum absolute atomic E-state index is 0.169. The molecule has 0 aromatic carbocycles. The van der Waals surface area contributed by atoms with E-state index in [1.807, 2.05) is 0 Å². The number of nitrogens with zero attached hydrogens (tertiary/aromatic N) is 1. The molecule has 0 unspecified atom stereocenters. The van der Waals surface area contributed by atoms with E-state index >= 15 is 0 Å². The highest BCUT2D eigenvalue weighted by Crippen LogP contribution is 2.22. The summed E-state index contributed by atoms with van der Waals surface area (Å²) in [4.78, 5) is 14.6. The van der Waals surface area contributed by atoms with Crippen molar-refractivity contribution in [2.24, 2.45) is 16.7 Å². The van der Waals surface area contributed by atoms with Gasteiger partial charge in [0.1, 0.15) is 0 Å². The normalized spacial score (nSPS) is 19.5. The maximum Gasteiger partial charge on any atom is 0.223 e. The molecule has 1 saturated heterocycles. The zero-order valence-electron chi connectivity index (χ0n) is 13.7. The first-order valence-corrected chi connectivity index (χ1v) is 7.57. The molecule has 1 aliphatic heterocycles. The van der Waals surface area contributed by atoms with E-state index in [9.17, 15) is 4.79 Å². The Balaban J connectivity index is 2.31. The number of carbonyl (C=O) groups is 1. The molecule has 1 N–H and O–H groups in total. The van der Waals surface area contributed by atoms with Gasteiger partial charge in [0.25, 0.3) is 0 Å². The quantitative estimate of drug-likeness (QED) is 0.853. The predicted molar refractivity (Wildman–Crippen MR) is 81.1 cm³/mol. The summed E-state index contributed by atoms with van der Waals surface area (Å²) >= 11 is 0. The van der Waals surface area contributed by atoms with Gasteiger partial charge in [0, 0.05) is 19.0 Å². The monoisotopic (exact) mass is 268 g/mol. The maximum absolute atomic E-state index is 12.1. The molecule has 1 fully saturated rings. The second-order valence-electron chi connectivity index (χ2n) is 8.39. The van der Waals surface area contributed by atoms with Crippen LogP contribution in [0.25, 0.3) is 0 Å². The van der Waals surface area contributed by atoms with Crippen LogP contribution >= 0.6 is 0 Å². The fraction of sp³-hybridized carbons (Fsp3) is 0.938. The molecule has 0 atom stereocenters. The highest BCUT2D eigenvalue weighted by Gasteiger charge is 2.27. The molecule has 0 aliphatic carbocycles. The number of rotatable bonds is 3. The lowest BCUT2D eigenvalue weighted by molar-refractivity contribution is -0.126. The average molecular weight is 268 g/mol. The van der Waals surface area contributed by atoms with Gasteiger partial charge in [0.05, 0.1) is 0 Å². The number of hydrogen-bond acceptors (Lipinski definition) is 2. The van der Waals surface area contributed by atoms with Crippen LogP contribution in [0.5, 0.6) is 0 Å². The van der Waals surface area contributed by atoms with E-state index in [2.05, 4.69) is 51.8 Å². The third-order valence-electron chi connectivity index (χ3n) is 3.45. The molecule has 1 amide bonds. The van der Waals surface area contributed by atoms with E-state index in [0.29, 0.717) is 5.41 Å². The molecule has 1 rings (SSSR count). The van der Waals surface area contributed by atoms with Crippen molar-refractivity contribution < 1.29 is 4.79 Å². The van der Waals surface area contributed by atoms with Crippen molar-refractivity contribution in [2.75, 3.05) is 26.2 Å². The van der Waals surface area contributed by atoms with Gasteiger partial charge in [-0.05, 0) is 36.8 Å². The summed E-state index contributed by atoms with van der Waals surface area (Å²) in [5, 5.41) is 3.10.